The molecule has 1 atom stereocenters. The van der Waals surface area contributed by atoms with Crippen LogP contribution in [0.25, 0.3) is 0 Å². The van der Waals surface area contributed by atoms with Crippen molar-refractivity contribution >= 4 is 23.3 Å². The third kappa shape index (κ3) is 2.88. The Morgan fingerprint density at radius 3 is 2.83 bits per heavy atom. The van der Waals surface area contributed by atoms with E-state index in [0.717, 1.165) is 15.7 Å². The fourth-order valence-electron chi connectivity index (χ4n) is 1.54. The monoisotopic (exact) mass is 283 g/mol. The van der Waals surface area contributed by atoms with Crippen LogP contribution in [0.5, 0.6) is 0 Å². The van der Waals surface area contributed by atoms with Gasteiger partial charge in [0, 0.05) is 6.04 Å². The first-order chi connectivity index (χ1) is 8.61. The van der Waals surface area contributed by atoms with Crippen LogP contribution < -0.4 is 5.32 Å². The molecule has 1 N–H and O–H groups in total. The van der Waals surface area contributed by atoms with Crippen molar-refractivity contribution in [1.82, 2.24) is 14.7 Å². The highest BCUT2D eigenvalue weighted by molar-refractivity contribution is 8.01. The molecule has 0 fully saturated rings. The van der Waals surface area contributed by atoms with E-state index in [-0.39, 0.29) is 11.9 Å². The highest BCUT2D eigenvalue weighted by Gasteiger charge is 2.15. The molecule has 0 aliphatic rings. The minimum Gasteiger partial charge on any atom is -0.313 e. The summed E-state index contributed by atoms with van der Waals surface area (Å²) in [5.41, 5.74) is 0.940. The van der Waals surface area contributed by atoms with Crippen molar-refractivity contribution in [2.24, 2.45) is 0 Å². The summed E-state index contributed by atoms with van der Waals surface area (Å²) >= 11 is 2.63. The Balaban J connectivity index is 2.36. The van der Waals surface area contributed by atoms with Crippen LogP contribution in [0, 0.1) is 12.7 Å². The van der Waals surface area contributed by atoms with E-state index in [9.17, 15) is 4.39 Å². The minimum atomic E-state index is -0.215. The number of aromatic nitrogens is 2. The largest absolute Gasteiger partial charge is 0.313 e. The maximum absolute atomic E-state index is 13.9. The van der Waals surface area contributed by atoms with Crippen LogP contribution in [-0.2, 0) is 0 Å². The molecule has 6 heteroatoms. The lowest BCUT2D eigenvalue weighted by molar-refractivity contribution is 0.576. The number of hydrogen-bond acceptors (Lipinski definition) is 5. The van der Waals surface area contributed by atoms with Crippen LogP contribution in [0.2, 0.25) is 0 Å². The van der Waals surface area contributed by atoms with Gasteiger partial charge in [-0.05, 0) is 44.1 Å². The predicted octanol–water partition coefficient (Wildman–Crippen LogP) is 3.42. The first-order valence-electron chi connectivity index (χ1n) is 5.55. The van der Waals surface area contributed by atoms with Crippen LogP contribution in [0.1, 0.15) is 24.4 Å². The topological polar surface area (TPSA) is 37.8 Å². The molecule has 0 spiro atoms. The summed E-state index contributed by atoms with van der Waals surface area (Å²) in [6.07, 6.45) is 0. The number of nitrogens with one attached hydrogen (secondary N) is 1. The summed E-state index contributed by atoms with van der Waals surface area (Å²) in [5, 5.41) is 3.13. The molecular weight excluding hydrogens is 269 g/mol. The summed E-state index contributed by atoms with van der Waals surface area (Å²) in [7, 11) is 1.86. The predicted molar refractivity (Wildman–Crippen MR) is 72.6 cm³/mol. The lowest BCUT2D eigenvalue weighted by Gasteiger charge is -2.15. The molecule has 0 saturated carbocycles. The molecule has 2 aromatic rings. The van der Waals surface area contributed by atoms with Crippen LogP contribution in [0.4, 0.5) is 4.39 Å². The Bertz CT molecular complexity index is 542. The van der Waals surface area contributed by atoms with Gasteiger partial charge in [0.15, 0.2) is 4.34 Å². The average Bonchev–Trinajstić information content (AvgIpc) is 2.76. The zero-order chi connectivity index (χ0) is 13.1. The zero-order valence-electron chi connectivity index (χ0n) is 10.4. The smallest absolute Gasteiger partial charge is 0.174 e. The van der Waals surface area contributed by atoms with Gasteiger partial charge >= 0.3 is 0 Å². The maximum atomic E-state index is 13.9. The van der Waals surface area contributed by atoms with Crippen LogP contribution in [-0.4, -0.2) is 16.4 Å². The number of halogens is 1. The van der Waals surface area contributed by atoms with E-state index in [0.29, 0.717) is 4.90 Å². The molecule has 1 aromatic carbocycles. The first-order valence-corrected chi connectivity index (χ1v) is 7.14. The fraction of sp³-hybridized carbons (Fsp3) is 0.333. The summed E-state index contributed by atoms with van der Waals surface area (Å²) in [5.74, 6) is 0.509. The van der Waals surface area contributed by atoms with Crippen LogP contribution in [0.15, 0.2) is 27.4 Å². The molecular formula is C12H14FN3S2. The molecule has 0 saturated heterocycles. The molecule has 0 bridgehead atoms. The molecule has 0 amide bonds. The number of hydrogen-bond donors (Lipinski definition) is 1. The second kappa shape index (κ2) is 5.77. The second-order valence-corrected chi connectivity index (χ2v) is 5.89. The van der Waals surface area contributed by atoms with Gasteiger partial charge in [-0.1, -0.05) is 23.9 Å². The molecule has 1 unspecified atom stereocenters. The van der Waals surface area contributed by atoms with Gasteiger partial charge in [-0.2, -0.15) is 4.37 Å². The van der Waals surface area contributed by atoms with Crippen molar-refractivity contribution in [1.29, 1.82) is 0 Å². The van der Waals surface area contributed by atoms with Crippen molar-refractivity contribution in [2.45, 2.75) is 29.1 Å². The van der Waals surface area contributed by atoms with Crippen LogP contribution in [0.3, 0.4) is 0 Å². The minimum absolute atomic E-state index is 0.0946. The highest BCUT2D eigenvalue weighted by Crippen LogP contribution is 2.35. The molecule has 2 rings (SSSR count). The van der Waals surface area contributed by atoms with E-state index in [1.165, 1.54) is 29.4 Å². The lowest BCUT2D eigenvalue weighted by atomic mass is 10.1. The molecule has 18 heavy (non-hydrogen) atoms. The highest BCUT2D eigenvalue weighted by atomic mass is 32.2. The Kier molecular flexibility index (Phi) is 4.31. The Morgan fingerprint density at radius 1 is 1.44 bits per heavy atom. The number of aryl methyl sites for hydroxylation is 1. The lowest BCUT2D eigenvalue weighted by Crippen LogP contribution is -2.13. The van der Waals surface area contributed by atoms with E-state index in [4.69, 9.17) is 0 Å². The second-order valence-electron chi connectivity index (χ2n) is 3.88. The molecule has 0 aliphatic carbocycles. The molecule has 96 valence electrons. The summed E-state index contributed by atoms with van der Waals surface area (Å²) in [4.78, 5) is 4.88. The SMILES string of the molecule is CNC(C)c1cccc(F)c1Sc1nc(C)ns1. The van der Waals surface area contributed by atoms with Gasteiger partial charge in [0.25, 0.3) is 0 Å². The van der Waals surface area contributed by atoms with Gasteiger partial charge < -0.3 is 5.32 Å². The standard InChI is InChI=1S/C12H14FN3S2/c1-7(14-3)9-5-4-6-10(13)11(9)17-12-15-8(2)16-18-12/h4-7,14H,1-3H3. The molecule has 1 heterocycles. The quantitative estimate of drug-likeness (QED) is 0.933. The van der Waals surface area contributed by atoms with Gasteiger partial charge in [-0.15, -0.1) is 0 Å². The zero-order valence-corrected chi connectivity index (χ0v) is 12.0. The van der Waals surface area contributed by atoms with Gasteiger partial charge in [0.2, 0.25) is 0 Å². The first kappa shape index (κ1) is 13.5. The van der Waals surface area contributed by atoms with Crippen molar-refractivity contribution in [3.8, 4) is 0 Å². The van der Waals surface area contributed by atoms with Crippen LogP contribution >= 0.6 is 23.3 Å². The number of benzene rings is 1. The summed E-state index contributed by atoms with van der Waals surface area (Å²) in [6, 6.07) is 5.23. The number of rotatable bonds is 4. The Labute approximate surface area is 114 Å². The van der Waals surface area contributed by atoms with Gasteiger partial charge in [0.05, 0.1) is 4.90 Å². The summed E-state index contributed by atoms with van der Waals surface area (Å²) < 4.78 is 18.8. The third-order valence-corrected chi connectivity index (χ3v) is 4.57. The van der Waals surface area contributed by atoms with E-state index < -0.39 is 0 Å². The van der Waals surface area contributed by atoms with Gasteiger partial charge in [-0.3, -0.25) is 0 Å². The molecule has 0 aliphatic heterocycles. The molecule has 0 radical (unpaired) electrons. The fourth-order valence-corrected chi connectivity index (χ4v) is 3.35. The van der Waals surface area contributed by atoms with E-state index in [1.807, 2.05) is 27.0 Å². The molecule has 1 aromatic heterocycles. The Hall–Kier alpha value is -0.980. The third-order valence-electron chi connectivity index (χ3n) is 2.60. The van der Waals surface area contributed by atoms with E-state index in [1.54, 1.807) is 6.07 Å². The van der Waals surface area contributed by atoms with Crippen molar-refractivity contribution in [3.63, 3.8) is 0 Å². The van der Waals surface area contributed by atoms with Crippen molar-refractivity contribution in [3.05, 3.63) is 35.4 Å². The average molecular weight is 283 g/mol. The number of nitrogens with zero attached hydrogens (tertiary/aromatic N) is 2. The van der Waals surface area contributed by atoms with E-state index in [2.05, 4.69) is 14.7 Å². The normalized spacial score (nSPS) is 12.7. The van der Waals surface area contributed by atoms with Crippen molar-refractivity contribution in [2.75, 3.05) is 7.05 Å². The van der Waals surface area contributed by atoms with Gasteiger partial charge in [0.1, 0.15) is 11.6 Å². The van der Waals surface area contributed by atoms with Gasteiger partial charge in [-0.25, -0.2) is 9.37 Å². The Morgan fingerprint density at radius 2 is 2.22 bits per heavy atom. The summed E-state index contributed by atoms with van der Waals surface area (Å²) in [6.45, 7) is 3.84. The molecule has 3 nitrogen and oxygen atoms in total. The van der Waals surface area contributed by atoms with Crippen molar-refractivity contribution < 1.29 is 4.39 Å². The maximum Gasteiger partial charge on any atom is 0.174 e. The van der Waals surface area contributed by atoms with E-state index >= 15 is 0 Å².